The number of nitrogens with zero attached hydrogens (tertiary/aromatic N) is 1. The molecule has 3 fully saturated rings. The maximum absolute atomic E-state index is 13.7. The number of benzene rings is 2. The van der Waals surface area contributed by atoms with Crippen molar-refractivity contribution in [1.29, 1.82) is 0 Å². The molecule has 0 aromatic heterocycles. The van der Waals surface area contributed by atoms with E-state index in [4.69, 9.17) is 0 Å². The predicted molar refractivity (Wildman–Crippen MR) is 103 cm³/mol. The van der Waals surface area contributed by atoms with E-state index in [1.807, 2.05) is 30.0 Å². The Balaban J connectivity index is 1.48. The van der Waals surface area contributed by atoms with Crippen LogP contribution < -0.4 is 10.2 Å². The summed E-state index contributed by atoms with van der Waals surface area (Å²) in [7, 11) is 0. The third-order valence-electron chi connectivity index (χ3n) is 5.70. The summed E-state index contributed by atoms with van der Waals surface area (Å²) in [6.07, 6.45) is 4.13. The Hall–Kier alpha value is -2.69. The van der Waals surface area contributed by atoms with Crippen LogP contribution in [0.5, 0.6) is 0 Å². The molecule has 0 unspecified atom stereocenters. The van der Waals surface area contributed by atoms with Gasteiger partial charge < -0.3 is 10.2 Å². The Morgan fingerprint density at radius 3 is 2.56 bits per heavy atom. The van der Waals surface area contributed by atoms with Gasteiger partial charge >= 0.3 is 0 Å². The number of rotatable bonds is 4. The molecule has 0 radical (unpaired) electrons. The number of hydrogen-bond acceptors (Lipinski definition) is 2. The number of amides is 2. The lowest BCUT2D eigenvalue weighted by molar-refractivity contribution is -0.127. The normalized spacial score (nSPS) is 21.4. The first-order valence-corrected chi connectivity index (χ1v) is 9.50. The number of nitrogens with one attached hydrogen (secondary N) is 1. The molecule has 2 saturated heterocycles. The van der Waals surface area contributed by atoms with Gasteiger partial charge in [0.1, 0.15) is 5.82 Å². The van der Waals surface area contributed by atoms with Gasteiger partial charge in [0, 0.05) is 23.3 Å². The van der Waals surface area contributed by atoms with Gasteiger partial charge in [0.25, 0.3) is 0 Å². The topological polar surface area (TPSA) is 49.4 Å². The van der Waals surface area contributed by atoms with E-state index in [1.165, 1.54) is 6.07 Å². The van der Waals surface area contributed by atoms with Crippen molar-refractivity contribution in [3.05, 3.63) is 59.4 Å². The maximum atomic E-state index is 13.7. The lowest BCUT2D eigenvalue weighted by Crippen LogP contribution is -2.52. The zero-order chi connectivity index (χ0) is 19.0. The fourth-order valence-corrected chi connectivity index (χ4v) is 4.30. The monoisotopic (exact) mass is 366 g/mol. The molecule has 5 rings (SSSR count). The molecule has 2 aromatic carbocycles. The van der Waals surface area contributed by atoms with Crippen LogP contribution in [0.1, 0.15) is 36.8 Å². The molecule has 1 aliphatic carbocycles. The van der Waals surface area contributed by atoms with Crippen molar-refractivity contribution in [3.8, 4) is 0 Å². The van der Waals surface area contributed by atoms with E-state index in [1.54, 1.807) is 18.2 Å². The van der Waals surface area contributed by atoms with Crippen molar-refractivity contribution in [3.63, 3.8) is 0 Å². The lowest BCUT2D eigenvalue weighted by atomic mass is 9.79. The van der Waals surface area contributed by atoms with Crippen molar-refractivity contribution in [2.75, 3.05) is 10.2 Å². The van der Waals surface area contributed by atoms with E-state index in [2.05, 4.69) is 5.32 Å². The van der Waals surface area contributed by atoms with Crippen molar-refractivity contribution < 1.29 is 14.0 Å². The fourth-order valence-electron chi connectivity index (χ4n) is 4.30. The van der Waals surface area contributed by atoms with Crippen LogP contribution in [-0.2, 0) is 16.0 Å². The van der Waals surface area contributed by atoms with Crippen molar-refractivity contribution in [1.82, 2.24) is 0 Å². The number of piperidine rings is 2. The number of aryl methyl sites for hydroxylation is 1. The Morgan fingerprint density at radius 2 is 1.89 bits per heavy atom. The molecule has 2 aromatic rings. The molecule has 3 aliphatic rings. The highest BCUT2D eigenvalue weighted by atomic mass is 19.1. The Bertz CT molecular complexity index is 888. The van der Waals surface area contributed by atoms with Crippen LogP contribution in [0.15, 0.2) is 42.5 Å². The quantitative estimate of drug-likeness (QED) is 0.881. The summed E-state index contributed by atoms with van der Waals surface area (Å²) in [5.41, 5.74) is 2.92. The first-order chi connectivity index (χ1) is 13.0. The molecule has 2 aliphatic heterocycles. The second-order valence-electron chi connectivity index (χ2n) is 7.53. The molecule has 0 atom stereocenters. The minimum atomic E-state index is -0.377. The maximum Gasteiger partial charge on any atom is 0.230 e. The summed E-state index contributed by atoms with van der Waals surface area (Å²) in [6.45, 7) is 1.96. The second-order valence-corrected chi connectivity index (χ2v) is 7.53. The summed E-state index contributed by atoms with van der Waals surface area (Å²) in [6, 6.07) is 12.2. The smallest absolute Gasteiger partial charge is 0.230 e. The van der Waals surface area contributed by atoms with Gasteiger partial charge in [-0.2, -0.15) is 0 Å². The van der Waals surface area contributed by atoms with E-state index in [0.717, 1.165) is 36.9 Å². The van der Waals surface area contributed by atoms with Gasteiger partial charge in [0.2, 0.25) is 11.8 Å². The van der Waals surface area contributed by atoms with Crippen LogP contribution >= 0.6 is 0 Å². The summed E-state index contributed by atoms with van der Waals surface area (Å²) >= 11 is 0. The lowest BCUT2D eigenvalue weighted by Gasteiger charge is -2.45. The number of fused-ring (bicyclic) bond motifs is 3. The minimum absolute atomic E-state index is 0.0121. The summed E-state index contributed by atoms with van der Waals surface area (Å²) in [4.78, 5) is 26.9. The number of halogens is 1. The zero-order valence-corrected chi connectivity index (χ0v) is 15.4. The van der Waals surface area contributed by atoms with E-state index in [9.17, 15) is 14.0 Å². The zero-order valence-electron chi connectivity index (χ0n) is 15.4. The molecule has 1 N–H and O–H groups in total. The molecule has 2 amide bonds. The van der Waals surface area contributed by atoms with Gasteiger partial charge in [0.15, 0.2) is 0 Å². The Morgan fingerprint density at radius 1 is 1.15 bits per heavy atom. The highest BCUT2D eigenvalue weighted by Crippen LogP contribution is 2.40. The average molecular weight is 366 g/mol. The van der Waals surface area contributed by atoms with Crippen molar-refractivity contribution >= 4 is 23.2 Å². The molecule has 27 heavy (non-hydrogen) atoms. The van der Waals surface area contributed by atoms with E-state index >= 15 is 0 Å². The van der Waals surface area contributed by atoms with E-state index in [0.29, 0.717) is 17.3 Å². The first kappa shape index (κ1) is 17.7. The van der Waals surface area contributed by atoms with Gasteiger partial charge in [0.05, 0.1) is 6.42 Å². The van der Waals surface area contributed by atoms with Crippen LogP contribution in [0.25, 0.3) is 0 Å². The predicted octanol–water partition coefficient (Wildman–Crippen LogP) is 4.22. The highest BCUT2D eigenvalue weighted by Gasteiger charge is 2.41. The molecule has 1 saturated carbocycles. The number of hydrogen-bond donors (Lipinski definition) is 1. The summed E-state index contributed by atoms with van der Waals surface area (Å²) < 4.78 is 13.7. The number of carbonyl (C=O) groups is 2. The minimum Gasteiger partial charge on any atom is -0.326 e. The molecule has 5 heteroatoms. The van der Waals surface area contributed by atoms with Crippen LogP contribution in [0.2, 0.25) is 0 Å². The van der Waals surface area contributed by atoms with Gasteiger partial charge in [-0.1, -0.05) is 18.2 Å². The van der Waals surface area contributed by atoms with Crippen molar-refractivity contribution in [2.45, 2.75) is 45.1 Å². The Kier molecular flexibility index (Phi) is 4.68. The van der Waals surface area contributed by atoms with Crippen LogP contribution in [-0.4, -0.2) is 17.9 Å². The van der Waals surface area contributed by atoms with E-state index in [-0.39, 0.29) is 30.0 Å². The van der Waals surface area contributed by atoms with Crippen LogP contribution in [0.4, 0.5) is 15.8 Å². The van der Waals surface area contributed by atoms with E-state index < -0.39 is 0 Å². The third-order valence-corrected chi connectivity index (χ3v) is 5.70. The summed E-state index contributed by atoms with van der Waals surface area (Å²) in [5.74, 6) is -0.246. The van der Waals surface area contributed by atoms with Gasteiger partial charge in [-0.25, -0.2) is 4.39 Å². The largest absolute Gasteiger partial charge is 0.326 e. The molecule has 0 spiro atoms. The SMILES string of the molecule is Cc1cc(NC(=O)Cc2ccccc2F)ccc1N1C(=O)C2CCC1CC2. The summed E-state index contributed by atoms with van der Waals surface area (Å²) in [5, 5.41) is 2.82. The Labute approximate surface area is 158 Å². The third kappa shape index (κ3) is 3.46. The molecule has 4 nitrogen and oxygen atoms in total. The number of carbonyl (C=O) groups excluding carboxylic acids is 2. The van der Waals surface area contributed by atoms with Crippen LogP contribution in [0.3, 0.4) is 0 Å². The molecule has 2 heterocycles. The van der Waals surface area contributed by atoms with Gasteiger partial charge in [-0.3, -0.25) is 9.59 Å². The molecular weight excluding hydrogens is 343 g/mol. The van der Waals surface area contributed by atoms with Crippen molar-refractivity contribution in [2.24, 2.45) is 5.92 Å². The molecule has 140 valence electrons. The second kappa shape index (κ2) is 7.14. The first-order valence-electron chi connectivity index (χ1n) is 9.50. The number of anilines is 2. The molecule has 2 bridgehead atoms. The standard InChI is InChI=1S/C22H23FN2O2/c1-14-12-17(24-21(26)13-16-4-2-3-5-19(16)23)8-11-20(14)25-18-9-6-15(7-10-18)22(25)27/h2-5,8,11-12,15,18H,6-7,9-10,13H2,1H3,(H,24,26). The van der Waals surface area contributed by atoms with Gasteiger partial charge in [-0.05, 0) is 68.0 Å². The molecular formula is C22H23FN2O2. The fraction of sp³-hybridized carbons (Fsp3) is 0.364. The van der Waals surface area contributed by atoms with Gasteiger partial charge in [-0.15, -0.1) is 0 Å². The highest BCUT2D eigenvalue weighted by molar-refractivity contribution is 5.98. The van der Waals surface area contributed by atoms with Crippen LogP contribution in [0, 0.1) is 18.7 Å². The average Bonchev–Trinajstić information content (AvgIpc) is 2.65.